The minimum atomic E-state index is -0.888. The van der Waals surface area contributed by atoms with Gasteiger partial charge in [-0.1, -0.05) is 133 Å². The van der Waals surface area contributed by atoms with E-state index in [-0.39, 0.29) is 27.1 Å². The van der Waals surface area contributed by atoms with Gasteiger partial charge in [-0.05, 0) is 60.9 Å². The summed E-state index contributed by atoms with van der Waals surface area (Å²) in [5.41, 5.74) is -3.01. The second kappa shape index (κ2) is 8.55. The van der Waals surface area contributed by atoms with E-state index in [0.29, 0.717) is 0 Å². The zero-order chi connectivity index (χ0) is 46.9. The van der Waals surface area contributed by atoms with Crippen LogP contribution in [0.3, 0.4) is 0 Å². The molecule has 0 aliphatic rings. The van der Waals surface area contributed by atoms with Crippen LogP contribution in [0.2, 0.25) is 0 Å². The number of hydrogen-bond donors (Lipinski definition) is 0. The highest BCUT2D eigenvalue weighted by atomic mass is 16.3. The van der Waals surface area contributed by atoms with Crippen molar-refractivity contribution >= 4 is 65.0 Å². The predicted octanol–water partition coefficient (Wildman–Crippen LogP) is 11.5. The van der Waals surface area contributed by atoms with Crippen molar-refractivity contribution in [3.8, 4) is 22.3 Å². The van der Waals surface area contributed by atoms with Gasteiger partial charge in [0.05, 0.1) is 31.5 Å². The number of benzene rings is 8. The lowest BCUT2D eigenvalue weighted by molar-refractivity contribution is 0.674. The summed E-state index contributed by atoms with van der Waals surface area (Å²) >= 11 is 0. The summed E-state index contributed by atoms with van der Waals surface area (Å²) in [5, 5.41) is -4.37. The van der Waals surface area contributed by atoms with Gasteiger partial charge in [-0.15, -0.1) is 0 Å². The fraction of sp³-hybridized carbons (Fsp3) is 0. The molecule has 0 saturated carbocycles. The fourth-order valence-corrected chi connectivity index (χ4v) is 5.40. The van der Waals surface area contributed by atoms with Gasteiger partial charge >= 0.3 is 0 Å². The number of furan rings is 1. The Bertz CT molecular complexity index is 3650. The summed E-state index contributed by atoms with van der Waals surface area (Å²) in [6.07, 6.45) is 0. The lowest BCUT2D eigenvalue weighted by atomic mass is 9.85. The van der Waals surface area contributed by atoms with Crippen molar-refractivity contribution in [1.29, 1.82) is 0 Å². The van der Waals surface area contributed by atoms with E-state index in [1.54, 1.807) is 0 Å². The van der Waals surface area contributed by atoms with E-state index in [2.05, 4.69) is 0 Å². The molecule has 41 heavy (non-hydrogen) atoms. The summed E-state index contributed by atoms with van der Waals surface area (Å²) in [4.78, 5) is 0. The van der Waals surface area contributed by atoms with Crippen LogP contribution < -0.4 is 0 Å². The van der Waals surface area contributed by atoms with Crippen molar-refractivity contribution in [3.05, 3.63) is 145 Å². The van der Waals surface area contributed by atoms with Gasteiger partial charge in [0.15, 0.2) is 0 Å². The first-order chi connectivity index (χ1) is 29.9. The van der Waals surface area contributed by atoms with Gasteiger partial charge in [0.25, 0.3) is 0 Å². The van der Waals surface area contributed by atoms with Crippen LogP contribution in [0.15, 0.2) is 149 Å². The van der Waals surface area contributed by atoms with Crippen LogP contribution in [0.5, 0.6) is 0 Å². The fourth-order valence-electron chi connectivity index (χ4n) is 5.40. The van der Waals surface area contributed by atoms with E-state index in [1.807, 2.05) is 0 Å². The van der Waals surface area contributed by atoms with Crippen LogP contribution in [0, 0.1) is 0 Å². The first kappa shape index (κ1) is 9.61. The third kappa shape index (κ3) is 3.18. The highest BCUT2D eigenvalue weighted by molar-refractivity contribution is 6.29. The lowest BCUT2D eigenvalue weighted by Crippen LogP contribution is -1.91. The molecule has 190 valence electrons. The van der Waals surface area contributed by atoms with Crippen molar-refractivity contribution in [2.24, 2.45) is 0 Å². The molecule has 0 N–H and O–H groups in total. The minimum absolute atomic E-state index is 0.301. The molecule has 9 rings (SSSR count). The Balaban J connectivity index is 1.72. The van der Waals surface area contributed by atoms with E-state index < -0.39 is 199 Å². The van der Waals surface area contributed by atoms with Crippen LogP contribution in [0.25, 0.3) is 87.3 Å². The van der Waals surface area contributed by atoms with Gasteiger partial charge in [0.2, 0.25) is 0 Å². The summed E-state index contributed by atoms with van der Waals surface area (Å²) < 4.78 is 210. The first-order valence-corrected chi connectivity index (χ1v) is 12.2. The van der Waals surface area contributed by atoms with Gasteiger partial charge in [0, 0.05) is 27.3 Å². The normalized spacial score (nSPS) is 19.8. The van der Waals surface area contributed by atoms with Crippen molar-refractivity contribution in [1.82, 2.24) is 0 Å². The molecule has 0 spiro atoms. The molecule has 1 nitrogen and oxygen atoms in total. The zero-order valence-corrected chi connectivity index (χ0v) is 20.5. The average Bonchev–Trinajstić information content (AvgIpc) is 3.67. The molecule has 0 fully saturated rings. The van der Waals surface area contributed by atoms with Crippen molar-refractivity contribution in [3.63, 3.8) is 0 Å². The smallest absolute Gasteiger partial charge is 0.143 e. The highest BCUT2D eigenvalue weighted by Gasteiger charge is 2.22. The van der Waals surface area contributed by atoms with Crippen molar-refractivity contribution in [2.75, 3.05) is 0 Å². The van der Waals surface area contributed by atoms with Crippen LogP contribution in [0.4, 0.5) is 0 Å². The SMILES string of the molecule is [2H]c1c([2H])c([2H])c(-c2c3c([2H])c([2H])c([2H])c([2H])c3c(-c3cc4c([2H])c([2H])c([2H])c([2H])c4c4c3oc3c5c([2H])c([2H])c([2H])c([2H])c5c([2H])c([2H])c34)c3c([2H])c([2H])c([2H])c([2H])c23)c([2H])c1[2H]. The van der Waals surface area contributed by atoms with E-state index in [0.717, 1.165) is 6.07 Å². The standard InChI is InChI=1S/C40H24O/c1-2-13-26(14-3-1)36-30-18-8-10-20-32(30)37(33-21-11-9-19-31(33)36)35-24-27-15-5-6-16-28(27)38-34-23-22-25-12-4-7-17-29(25)39(34)41-40(35)38/h1-24H/i1D,2D,3D,4D,5D,6D,7D,8D,9D,10D,11D,12D,13D,14D,15D,16D,17D,18D,19D,20D,21D,22D,23D. The topological polar surface area (TPSA) is 13.1 Å². The van der Waals surface area contributed by atoms with E-state index in [4.69, 9.17) is 29.1 Å². The Labute approximate surface area is 269 Å². The van der Waals surface area contributed by atoms with Gasteiger partial charge in [-0.25, -0.2) is 0 Å². The Morgan fingerprint density at radius 2 is 0.927 bits per heavy atom. The zero-order valence-electron chi connectivity index (χ0n) is 43.5. The molecule has 0 bridgehead atoms. The Morgan fingerprint density at radius 1 is 0.390 bits per heavy atom. The van der Waals surface area contributed by atoms with Gasteiger partial charge in [-0.2, -0.15) is 0 Å². The average molecular weight is 544 g/mol. The summed E-state index contributed by atoms with van der Waals surface area (Å²) in [5.74, 6) is 0. The summed E-state index contributed by atoms with van der Waals surface area (Å²) in [6.45, 7) is 0. The van der Waals surface area contributed by atoms with Crippen molar-refractivity contribution < 1.29 is 35.9 Å². The number of hydrogen-bond acceptors (Lipinski definition) is 1. The van der Waals surface area contributed by atoms with E-state index in [9.17, 15) is 6.85 Å². The lowest BCUT2D eigenvalue weighted by Gasteiger charge is -2.18. The molecule has 0 atom stereocenters. The van der Waals surface area contributed by atoms with Crippen LogP contribution in [0.1, 0.15) is 31.5 Å². The third-order valence-electron chi connectivity index (χ3n) is 7.03. The monoisotopic (exact) mass is 543 g/mol. The molecule has 0 aliphatic heterocycles. The minimum Gasteiger partial charge on any atom is -0.455 e. The number of fused-ring (bicyclic) bond motifs is 9. The second-order valence-corrected chi connectivity index (χ2v) is 9.11. The first-order valence-electron chi connectivity index (χ1n) is 23.7. The summed E-state index contributed by atoms with van der Waals surface area (Å²) in [7, 11) is 0. The van der Waals surface area contributed by atoms with Crippen LogP contribution in [-0.2, 0) is 0 Å². The third-order valence-corrected chi connectivity index (χ3v) is 7.03. The molecule has 0 amide bonds. The Morgan fingerprint density at radius 3 is 1.61 bits per heavy atom. The molecule has 0 radical (unpaired) electrons. The van der Waals surface area contributed by atoms with Crippen molar-refractivity contribution in [2.45, 2.75) is 0 Å². The Kier molecular flexibility index (Phi) is 2.00. The van der Waals surface area contributed by atoms with E-state index in [1.165, 1.54) is 0 Å². The number of rotatable bonds is 2. The Hall–Kier alpha value is -5.40. The van der Waals surface area contributed by atoms with Gasteiger partial charge < -0.3 is 4.42 Å². The maximum absolute atomic E-state index is 9.41. The highest BCUT2D eigenvalue weighted by Crippen LogP contribution is 2.48. The molecule has 0 unspecified atom stereocenters. The summed E-state index contributed by atoms with van der Waals surface area (Å²) in [6, 6.07) is -17.4. The quantitative estimate of drug-likeness (QED) is 0.198. The molecule has 8 aromatic carbocycles. The molecule has 9 aromatic rings. The predicted molar refractivity (Wildman–Crippen MR) is 175 cm³/mol. The second-order valence-electron chi connectivity index (χ2n) is 9.11. The molecule has 0 saturated heterocycles. The molecular formula is C40H24O. The largest absolute Gasteiger partial charge is 0.455 e. The maximum atomic E-state index is 9.41. The van der Waals surface area contributed by atoms with Crippen LogP contribution in [-0.4, -0.2) is 0 Å². The molecule has 0 aliphatic carbocycles. The molecular weight excluding hydrogens is 496 g/mol. The van der Waals surface area contributed by atoms with Gasteiger partial charge in [-0.3, -0.25) is 0 Å². The van der Waals surface area contributed by atoms with E-state index >= 15 is 0 Å². The molecule has 1 aromatic heterocycles. The van der Waals surface area contributed by atoms with Gasteiger partial charge in [0.1, 0.15) is 11.2 Å². The molecule has 1 heterocycles. The maximum Gasteiger partial charge on any atom is 0.143 e. The van der Waals surface area contributed by atoms with Crippen LogP contribution >= 0.6 is 0 Å². The molecule has 1 heteroatoms.